The molecule has 0 saturated heterocycles. The second-order valence-electron chi connectivity index (χ2n) is 8.62. The highest BCUT2D eigenvalue weighted by Gasteiger charge is 2.27. The van der Waals surface area contributed by atoms with Gasteiger partial charge in [-0.3, -0.25) is 9.52 Å². The van der Waals surface area contributed by atoms with Crippen LogP contribution in [0, 0.1) is 34.9 Å². The van der Waals surface area contributed by atoms with Crippen molar-refractivity contribution in [3.63, 3.8) is 0 Å². The first kappa shape index (κ1) is 32.8. The van der Waals surface area contributed by atoms with Gasteiger partial charge in [-0.2, -0.15) is 0 Å². The molecule has 0 radical (unpaired) electrons. The maximum absolute atomic E-state index is 15.1. The zero-order valence-corrected chi connectivity index (χ0v) is 24.3. The molecule has 0 aliphatic carbocycles. The summed E-state index contributed by atoms with van der Waals surface area (Å²) in [6.45, 7) is 0. The maximum Gasteiger partial charge on any atom is 0.262 e. The molecule has 0 atom stereocenters. The fourth-order valence-electron chi connectivity index (χ4n) is 3.70. The molecule has 0 amide bonds. The van der Waals surface area contributed by atoms with Crippen molar-refractivity contribution in [1.82, 2.24) is 9.97 Å². The predicted molar refractivity (Wildman–Crippen MR) is 147 cm³/mol. The van der Waals surface area contributed by atoms with Gasteiger partial charge in [0.15, 0.2) is 5.82 Å². The fraction of sp³-hybridized carbons (Fsp3) is 0. The number of ketones is 1. The molecular formula is C26H13Cl2F6N3O5S2. The van der Waals surface area contributed by atoms with Crippen molar-refractivity contribution in [2.24, 2.45) is 0 Å². The van der Waals surface area contributed by atoms with Crippen molar-refractivity contribution in [3.05, 3.63) is 118 Å². The van der Waals surface area contributed by atoms with Gasteiger partial charge < -0.3 is 4.98 Å². The van der Waals surface area contributed by atoms with Crippen LogP contribution in [0.25, 0.3) is 11.0 Å². The van der Waals surface area contributed by atoms with Gasteiger partial charge in [-0.25, -0.2) is 48.2 Å². The summed E-state index contributed by atoms with van der Waals surface area (Å²) in [4.78, 5) is 18.1. The Morgan fingerprint density at radius 2 is 1.34 bits per heavy atom. The molecule has 2 heterocycles. The van der Waals surface area contributed by atoms with Gasteiger partial charge in [0.1, 0.15) is 34.7 Å². The van der Waals surface area contributed by atoms with Crippen LogP contribution in [-0.4, -0.2) is 32.6 Å². The number of aromatic nitrogens is 2. The largest absolute Gasteiger partial charge is 0.345 e. The summed E-state index contributed by atoms with van der Waals surface area (Å²) in [7, 11) is -3.88. The first-order valence-electron chi connectivity index (χ1n) is 11.5. The molecule has 2 aromatic heterocycles. The Kier molecular flexibility index (Phi) is 9.29. The first-order chi connectivity index (χ1) is 20.5. The molecule has 18 heteroatoms. The van der Waals surface area contributed by atoms with Crippen molar-refractivity contribution >= 4 is 63.9 Å². The van der Waals surface area contributed by atoms with Crippen molar-refractivity contribution in [3.8, 4) is 0 Å². The quantitative estimate of drug-likeness (QED) is 0.116. The number of hydrogen-bond acceptors (Lipinski definition) is 6. The lowest BCUT2D eigenvalue weighted by molar-refractivity contribution is 0.103. The Hall–Kier alpha value is -4.12. The Bertz CT molecular complexity index is 2120. The normalized spacial score (nSPS) is 11.6. The minimum absolute atomic E-state index is 0.153. The monoisotopic (exact) mass is 695 g/mol. The van der Waals surface area contributed by atoms with Crippen molar-refractivity contribution in [2.75, 3.05) is 4.72 Å². The highest BCUT2D eigenvalue weighted by Crippen LogP contribution is 2.29. The third-order valence-corrected chi connectivity index (χ3v) is 8.45. The van der Waals surface area contributed by atoms with E-state index in [1.807, 2.05) is 0 Å². The number of anilines is 1. The van der Waals surface area contributed by atoms with Crippen LogP contribution in [0.3, 0.4) is 0 Å². The van der Waals surface area contributed by atoms with Crippen LogP contribution in [0.2, 0.25) is 5.02 Å². The maximum atomic E-state index is 15.1. The minimum atomic E-state index is -4.67. The number of fused-ring (bicyclic) bond motifs is 1. The van der Waals surface area contributed by atoms with Crippen LogP contribution in [0.1, 0.15) is 15.9 Å². The van der Waals surface area contributed by atoms with Gasteiger partial charge in [0, 0.05) is 46.2 Å². The Balaban J connectivity index is 0.000000309. The van der Waals surface area contributed by atoms with Crippen LogP contribution in [-0.2, 0) is 19.1 Å². The molecule has 5 aromatic rings. The number of pyridine rings is 1. The Morgan fingerprint density at radius 1 is 0.795 bits per heavy atom. The summed E-state index contributed by atoms with van der Waals surface area (Å²) in [6, 6.07) is 6.12. The molecular weight excluding hydrogens is 683 g/mol. The van der Waals surface area contributed by atoms with Crippen LogP contribution < -0.4 is 4.72 Å². The summed E-state index contributed by atoms with van der Waals surface area (Å²) in [5.74, 6) is -8.17. The van der Waals surface area contributed by atoms with E-state index >= 15 is 4.39 Å². The third-order valence-electron chi connectivity index (χ3n) is 5.57. The molecule has 0 spiro atoms. The smallest absolute Gasteiger partial charge is 0.262 e. The zero-order valence-electron chi connectivity index (χ0n) is 21.2. The van der Waals surface area contributed by atoms with E-state index in [9.17, 15) is 43.6 Å². The average Bonchev–Trinajstić information content (AvgIpc) is 3.32. The predicted octanol–water partition coefficient (Wildman–Crippen LogP) is 6.70. The van der Waals surface area contributed by atoms with E-state index in [0.29, 0.717) is 42.5 Å². The molecule has 5 rings (SSSR count). The highest BCUT2D eigenvalue weighted by molar-refractivity contribution is 8.13. The van der Waals surface area contributed by atoms with Gasteiger partial charge in [-0.15, -0.1) is 0 Å². The lowest BCUT2D eigenvalue weighted by atomic mass is 10.0. The molecule has 0 saturated carbocycles. The number of nitrogens with one attached hydrogen (secondary N) is 2. The molecule has 0 aliphatic heterocycles. The molecule has 0 bridgehead atoms. The van der Waals surface area contributed by atoms with Gasteiger partial charge in [0.05, 0.1) is 26.1 Å². The number of rotatable bonds is 6. The van der Waals surface area contributed by atoms with Gasteiger partial charge >= 0.3 is 0 Å². The third kappa shape index (κ3) is 7.32. The van der Waals surface area contributed by atoms with Crippen LogP contribution in [0.4, 0.5) is 32.0 Å². The molecule has 2 N–H and O–H groups in total. The number of sulfonamides is 1. The minimum Gasteiger partial charge on any atom is -0.345 e. The van der Waals surface area contributed by atoms with Gasteiger partial charge in [-0.05, 0) is 42.5 Å². The van der Waals surface area contributed by atoms with Crippen LogP contribution in [0.15, 0.2) is 76.8 Å². The van der Waals surface area contributed by atoms with Crippen molar-refractivity contribution in [1.29, 1.82) is 0 Å². The summed E-state index contributed by atoms with van der Waals surface area (Å²) in [5, 5.41) is 0.374. The number of nitrogens with zero attached hydrogens (tertiary/aromatic N) is 1. The van der Waals surface area contributed by atoms with E-state index in [0.717, 1.165) is 6.07 Å². The van der Waals surface area contributed by atoms with Gasteiger partial charge in [-0.1, -0.05) is 11.6 Å². The number of H-pyrrole nitrogens is 1. The number of halogens is 8. The highest BCUT2D eigenvalue weighted by atomic mass is 35.7. The van der Waals surface area contributed by atoms with Gasteiger partial charge in [0.2, 0.25) is 5.78 Å². The first-order valence-corrected chi connectivity index (χ1v) is 15.7. The molecule has 44 heavy (non-hydrogen) atoms. The SMILES string of the molecule is O=C(c1c(F)ccc(NS(=O)(=O)c2cc(F)cc(F)c2)c1F)c1c[nH]c2ncc(Cl)cc12.O=S(=O)(Cl)c1cc(F)cc(F)c1. The topological polar surface area (TPSA) is 126 Å². The molecule has 0 aliphatic rings. The number of benzene rings is 3. The number of carbonyl (C=O) groups excluding carboxylic acids is 1. The second kappa shape index (κ2) is 12.5. The lowest BCUT2D eigenvalue weighted by Crippen LogP contribution is -2.17. The summed E-state index contributed by atoms with van der Waals surface area (Å²) >= 11 is 5.87. The van der Waals surface area contributed by atoms with Gasteiger partial charge in [0.25, 0.3) is 19.1 Å². The molecule has 0 fully saturated rings. The average molecular weight is 696 g/mol. The number of carbonyl (C=O) groups is 1. The van der Waals surface area contributed by atoms with E-state index in [1.54, 1.807) is 4.72 Å². The zero-order chi connectivity index (χ0) is 32.6. The van der Waals surface area contributed by atoms with Crippen molar-refractivity contribution < 1.29 is 48.0 Å². The standard InChI is InChI=1S/C20H10ClF4N3O3S.C6H3ClF2O2S/c21-9-3-13-14(8-27-20(13)26-7-9)19(29)17-15(24)1-2-16(18(17)25)28-32(30,31)12-5-10(22)4-11(23)6-12;7-12(10,11)6-2-4(8)1-5(9)3-6/h1-8,28H,(H,26,27);1-3H. The second-order valence-corrected chi connectivity index (χ2v) is 13.3. The molecule has 230 valence electrons. The Labute approximate surface area is 253 Å². The van der Waals surface area contributed by atoms with E-state index in [-0.39, 0.29) is 21.6 Å². The Morgan fingerprint density at radius 3 is 1.89 bits per heavy atom. The number of aromatic amines is 1. The van der Waals surface area contributed by atoms with Crippen LogP contribution in [0.5, 0.6) is 0 Å². The van der Waals surface area contributed by atoms with Crippen molar-refractivity contribution in [2.45, 2.75) is 9.79 Å². The van der Waals surface area contributed by atoms with E-state index in [2.05, 4.69) is 9.97 Å². The van der Waals surface area contributed by atoms with E-state index in [4.69, 9.17) is 22.3 Å². The van der Waals surface area contributed by atoms with E-state index < -0.39 is 80.8 Å². The molecule has 0 unspecified atom stereocenters. The summed E-state index contributed by atoms with van der Waals surface area (Å²) < 4.78 is 129. The summed E-state index contributed by atoms with van der Waals surface area (Å²) in [6.07, 6.45) is 2.49. The fourth-order valence-corrected chi connectivity index (χ4v) is 5.73. The molecule has 8 nitrogen and oxygen atoms in total. The van der Waals surface area contributed by atoms with E-state index in [1.165, 1.54) is 18.5 Å². The lowest BCUT2D eigenvalue weighted by Gasteiger charge is -2.12. The van der Waals surface area contributed by atoms with Crippen LogP contribution >= 0.6 is 22.3 Å². The summed E-state index contributed by atoms with van der Waals surface area (Å²) in [5.41, 5.74) is -1.75. The molecule has 3 aromatic carbocycles. The number of hydrogen-bond donors (Lipinski definition) is 2.